The van der Waals surface area contributed by atoms with Crippen LogP contribution in [-0.4, -0.2) is 29.5 Å². The highest BCUT2D eigenvalue weighted by Gasteiger charge is 2.10. The van der Waals surface area contributed by atoms with Gasteiger partial charge in [0.15, 0.2) is 0 Å². The lowest BCUT2D eigenvalue weighted by atomic mass is 10.2. The van der Waals surface area contributed by atoms with Crippen molar-refractivity contribution in [2.75, 3.05) is 13.6 Å². The first-order valence-corrected chi connectivity index (χ1v) is 4.06. The van der Waals surface area contributed by atoms with E-state index in [-0.39, 0.29) is 18.2 Å². The van der Waals surface area contributed by atoms with Crippen molar-refractivity contribution in [3.63, 3.8) is 0 Å². The molecule has 0 aliphatic rings. The van der Waals surface area contributed by atoms with Gasteiger partial charge in [-0.15, -0.1) is 0 Å². The van der Waals surface area contributed by atoms with Crippen LogP contribution >= 0.6 is 0 Å². The second kappa shape index (κ2) is 4.28. The molecule has 0 radical (unpaired) electrons. The highest BCUT2D eigenvalue weighted by atomic mass is 16.3. The molecule has 0 bridgehead atoms. The molecule has 0 saturated heterocycles. The van der Waals surface area contributed by atoms with E-state index in [1.165, 1.54) is 29.2 Å². The molecule has 0 unspecified atom stereocenters. The van der Waals surface area contributed by atoms with Crippen LogP contribution in [0.1, 0.15) is 10.4 Å². The second-order valence-corrected chi connectivity index (χ2v) is 2.87. The zero-order chi connectivity index (χ0) is 10.6. The third-order valence-corrected chi connectivity index (χ3v) is 1.77. The van der Waals surface area contributed by atoms with Crippen molar-refractivity contribution in [2.45, 2.75) is 0 Å². The van der Waals surface area contributed by atoms with Crippen molar-refractivity contribution in [2.24, 2.45) is 0 Å². The first-order valence-electron chi connectivity index (χ1n) is 4.06. The third kappa shape index (κ3) is 2.23. The van der Waals surface area contributed by atoms with E-state index < -0.39 is 0 Å². The maximum Gasteiger partial charge on any atom is 0.254 e. The Morgan fingerprint density at radius 3 is 2.57 bits per heavy atom. The molecule has 1 N–H and O–H groups in total. The van der Waals surface area contributed by atoms with Crippen LogP contribution in [0.15, 0.2) is 24.3 Å². The van der Waals surface area contributed by atoms with Crippen LogP contribution in [0.5, 0.6) is 5.75 Å². The van der Waals surface area contributed by atoms with Gasteiger partial charge in [-0.05, 0) is 24.3 Å². The van der Waals surface area contributed by atoms with Crippen molar-refractivity contribution >= 4 is 5.91 Å². The van der Waals surface area contributed by atoms with E-state index in [0.29, 0.717) is 5.56 Å². The maximum atomic E-state index is 11.5. The summed E-state index contributed by atoms with van der Waals surface area (Å²) in [5, 5.41) is 17.4. The third-order valence-electron chi connectivity index (χ3n) is 1.77. The smallest absolute Gasteiger partial charge is 0.254 e. The summed E-state index contributed by atoms with van der Waals surface area (Å²) in [6.07, 6.45) is 0. The summed E-state index contributed by atoms with van der Waals surface area (Å²) >= 11 is 0. The molecule has 0 spiro atoms. The van der Waals surface area contributed by atoms with Gasteiger partial charge in [0.1, 0.15) is 12.3 Å². The quantitative estimate of drug-likeness (QED) is 0.707. The molecule has 14 heavy (non-hydrogen) atoms. The Morgan fingerprint density at radius 2 is 2.07 bits per heavy atom. The molecule has 0 aromatic heterocycles. The Balaban J connectivity index is 2.80. The number of aromatic hydroxyl groups is 1. The first-order chi connectivity index (χ1) is 6.65. The number of nitriles is 1. The zero-order valence-electron chi connectivity index (χ0n) is 7.77. The van der Waals surface area contributed by atoms with Crippen molar-refractivity contribution in [3.8, 4) is 11.8 Å². The topological polar surface area (TPSA) is 64.3 Å². The van der Waals surface area contributed by atoms with Crippen LogP contribution in [0.3, 0.4) is 0 Å². The van der Waals surface area contributed by atoms with Crippen LogP contribution in [0.25, 0.3) is 0 Å². The van der Waals surface area contributed by atoms with Crippen molar-refractivity contribution in [1.82, 2.24) is 4.90 Å². The molecule has 1 amide bonds. The summed E-state index contributed by atoms with van der Waals surface area (Å²) in [6, 6.07) is 7.80. The lowest BCUT2D eigenvalue weighted by Crippen LogP contribution is -2.26. The monoisotopic (exact) mass is 190 g/mol. The largest absolute Gasteiger partial charge is 0.508 e. The molecule has 4 heteroatoms. The van der Waals surface area contributed by atoms with Crippen LogP contribution in [-0.2, 0) is 0 Å². The fourth-order valence-corrected chi connectivity index (χ4v) is 1.00. The predicted molar refractivity (Wildman–Crippen MR) is 50.7 cm³/mol. The fourth-order valence-electron chi connectivity index (χ4n) is 1.00. The van der Waals surface area contributed by atoms with E-state index in [9.17, 15) is 4.79 Å². The van der Waals surface area contributed by atoms with Gasteiger partial charge in [-0.2, -0.15) is 5.26 Å². The Bertz CT molecular complexity index is 365. The lowest BCUT2D eigenvalue weighted by Gasteiger charge is -2.12. The molecule has 0 saturated carbocycles. The van der Waals surface area contributed by atoms with Crippen LogP contribution in [0.4, 0.5) is 0 Å². The van der Waals surface area contributed by atoms with E-state index >= 15 is 0 Å². The SMILES string of the molecule is CN(CC#N)C(=O)c1ccc(O)cc1. The van der Waals surface area contributed by atoms with Gasteiger partial charge in [0.2, 0.25) is 0 Å². The Kier molecular flexibility index (Phi) is 3.08. The van der Waals surface area contributed by atoms with E-state index in [1.54, 1.807) is 7.05 Å². The predicted octanol–water partition coefficient (Wildman–Crippen LogP) is 0.988. The molecule has 0 atom stereocenters. The van der Waals surface area contributed by atoms with Crippen molar-refractivity contribution in [3.05, 3.63) is 29.8 Å². The van der Waals surface area contributed by atoms with Gasteiger partial charge in [-0.1, -0.05) is 0 Å². The van der Waals surface area contributed by atoms with Gasteiger partial charge in [-0.3, -0.25) is 4.79 Å². The Labute approximate surface area is 82.0 Å². The number of rotatable bonds is 2. The van der Waals surface area contributed by atoms with Gasteiger partial charge in [0, 0.05) is 12.6 Å². The minimum absolute atomic E-state index is 0.0553. The summed E-state index contributed by atoms with van der Waals surface area (Å²) in [5.41, 5.74) is 0.459. The number of phenolic OH excluding ortho intramolecular Hbond substituents is 1. The molecule has 4 nitrogen and oxygen atoms in total. The van der Waals surface area contributed by atoms with Gasteiger partial charge in [0.25, 0.3) is 5.91 Å². The second-order valence-electron chi connectivity index (χ2n) is 2.87. The van der Waals surface area contributed by atoms with E-state index in [2.05, 4.69) is 0 Å². The van der Waals surface area contributed by atoms with Gasteiger partial charge < -0.3 is 10.0 Å². The normalized spacial score (nSPS) is 9.14. The molecular weight excluding hydrogens is 180 g/mol. The van der Waals surface area contributed by atoms with Gasteiger partial charge in [0.05, 0.1) is 6.07 Å². The molecule has 0 fully saturated rings. The average molecular weight is 190 g/mol. The number of phenols is 1. The summed E-state index contributed by atoms with van der Waals surface area (Å²) in [4.78, 5) is 12.9. The minimum atomic E-state index is -0.230. The number of carbonyl (C=O) groups excluding carboxylic acids is 1. The highest BCUT2D eigenvalue weighted by molar-refractivity contribution is 5.94. The maximum absolute atomic E-state index is 11.5. The van der Waals surface area contributed by atoms with Gasteiger partial charge >= 0.3 is 0 Å². The van der Waals surface area contributed by atoms with Crippen LogP contribution in [0.2, 0.25) is 0 Å². The molecule has 72 valence electrons. The minimum Gasteiger partial charge on any atom is -0.508 e. The number of nitrogens with zero attached hydrogens (tertiary/aromatic N) is 2. The lowest BCUT2D eigenvalue weighted by molar-refractivity contribution is 0.0812. The molecule has 0 aliphatic carbocycles. The Morgan fingerprint density at radius 1 is 1.50 bits per heavy atom. The molecule has 0 aliphatic heterocycles. The molecule has 0 heterocycles. The summed E-state index contributed by atoms with van der Waals surface area (Å²) in [5.74, 6) is -0.115. The van der Waals surface area contributed by atoms with Crippen molar-refractivity contribution in [1.29, 1.82) is 5.26 Å². The van der Waals surface area contributed by atoms with E-state index in [1.807, 2.05) is 6.07 Å². The van der Waals surface area contributed by atoms with Crippen LogP contribution < -0.4 is 0 Å². The Hall–Kier alpha value is -2.02. The van der Waals surface area contributed by atoms with Crippen LogP contribution in [0, 0.1) is 11.3 Å². The molecular formula is C10H10N2O2. The average Bonchev–Trinajstić information content (AvgIpc) is 2.18. The van der Waals surface area contributed by atoms with Gasteiger partial charge in [-0.25, -0.2) is 0 Å². The first kappa shape index (κ1) is 10.1. The number of carbonyl (C=O) groups is 1. The molecule has 1 aromatic carbocycles. The van der Waals surface area contributed by atoms with Crippen molar-refractivity contribution < 1.29 is 9.90 Å². The summed E-state index contributed by atoms with van der Waals surface area (Å²) in [7, 11) is 1.55. The van der Waals surface area contributed by atoms with E-state index in [4.69, 9.17) is 10.4 Å². The fraction of sp³-hybridized carbons (Fsp3) is 0.200. The highest BCUT2D eigenvalue weighted by Crippen LogP contribution is 2.10. The van der Waals surface area contributed by atoms with E-state index in [0.717, 1.165) is 0 Å². The summed E-state index contributed by atoms with van der Waals surface area (Å²) < 4.78 is 0. The number of hydrogen-bond donors (Lipinski definition) is 1. The number of benzene rings is 1. The molecule has 1 rings (SSSR count). The molecule has 1 aromatic rings. The summed E-state index contributed by atoms with van der Waals surface area (Å²) in [6.45, 7) is 0.0553. The standard InChI is InChI=1S/C10H10N2O2/c1-12(7-6-11)10(14)8-2-4-9(13)5-3-8/h2-5,13H,7H2,1H3. The number of hydrogen-bond acceptors (Lipinski definition) is 3. The number of amides is 1. The zero-order valence-corrected chi connectivity index (χ0v) is 7.77.